The van der Waals surface area contributed by atoms with Gasteiger partial charge in [0, 0.05) is 25.7 Å². The molecule has 0 fully saturated rings. The Morgan fingerprint density at radius 1 is 1.38 bits per heavy atom. The van der Waals surface area contributed by atoms with Crippen molar-refractivity contribution in [2.75, 3.05) is 26.2 Å². The van der Waals surface area contributed by atoms with Crippen LogP contribution in [0, 0.1) is 10.1 Å². The maximum Gasteiger partial charge on any atom is 0.289 e. The normalized spacial score (nSPS) is 13.3. The van der Waals surface area contributed by atoms with Gasteiger partial charge in [-0.05, 0) is 6.07 Å². The van der Waals surface area contributed by atoms with E-state index in [9.17, 15) is 23.6 Å². The molecule has 0 spiro atoms. The Morgan fingerprint density at radius 2 is 2.00 bits per heavy atom. The van der Waals surface area contributed by atoms with Gasteiger partial charge in [0.05, 0.1) is 17.6 Å². The van der Waals surface area contributed by atoms with Crippen LogP contribution in [0.5, 0.6) is 0 Å². The average molecular weight is 319 g/mol. The first-order chi connectivity index (χ1) is 9.84. The Morgan fingerprint density at radius 3 is 2.52 bits per heavy atom. The zero-order valence-electron chi connectivity index (χ0n) is 11.1. The lowest BCUT2D eigenvalue weighted by atomic mass is 10.3. The second-order valence-electron chi connectivity index (χ2n) is 4.21. The average Bonchev–Trinajstić information content (AvgIpc) is 2.46. The second-order valence-corrected chi connectivity index (χ2v) is 6.12. The number of aliphatic hydroxyl groups excluding tert-OH is 2. The summed E-state index contributed by atoms with van der Waals surface area (Å²) in [6.07, 6.45) is -1.30. The zero-order chi connectivity index (χ0) is 16.0. The molecule has 0 radical (unpaired) electrons. The van der Waals surface area contributed by atoms with Crippen LogP contribution in [-0.2, 0) is 10.0 Å². The van der Waals surface area contributed by atoms with E-state index in [-0.39, 0.29) is 13.1 Å². The van der Waals surface area contributed by atoms with Crippen LogP contribution < -0.4 is 5.73 Å². The van der Waals surface area contributed by atoms with E-state index in [1.54, 1.807) is 0 Å². The highest BCUT2D eigenvalue weighted by molar-refractivity contribution is 7.89. The number of rotatable bonds is 8. The van der Waals surface area contributed by atoms with E-state index < -0.39 is 44.8 Å². The summed E-state index contributed by atoms with van der Waals surface area (Å²) in [6, 6.07) is 4.91. The van der Waals surface area contributed by atoms with Crippen LogP contribution in [0.3, 0.4) is 0 Å². The number of para-hydroxylation sites is 1. The maximum absolute atomic E-state index is 12.5. The van der Waals surface area contributed by atoms with Gasteiger partial charge in [-0.1, -0.05) is 12.1 Å². The van der Waals surface area contributed by atoms with Crippen molar-refractivity contribution in [3.05, 3.63) is 34.4 Å². The fourth-order valence-corrected chi connectivity index (χ4v) is 3.36. The van der Waals surface area contributed by atoms with Crippen LogP contribution in [0.1, 0.15) is 0 Å². The van der Waals surface area contributed by atoms with Gasteiger partial charge in [-0.15, -0.1) is 0 Å². The third-order valence-corrected chi connectivity index (χ3v) is 4.60. The number of hydrogen-bond donors (Lipinski definition) is 3. The summed E-state index contributed by atoms with van der Waals surface area (Å²) < 4.78 is 25.8. The van der Waals surface area contributed by atoms with Gasteiger partial charge in [-0.3, -0.25) is 10.1 Å². The van der Waals surface area contributed by atoms with Crippen LogP contribution in [0.4, 0.5) is 5.69 Å². The number of benzene rings is 1. The Hall–Kier alpha value is -1.59. The number of hydrogen-bond acceptors (Lipinski definition) is 7. The van der Waals surface area contributed by atoms with Gasteiger partial charge in [-0.2, -0.15) is 4.31 Å². The predicted octanol–water partition coefficient (Wildman–Crippen LogP) is -1.10. The minimum atomic E-state index is -4.20. The van der Waals surface area contributed by atoms with Gasteiger partial charge >= 0.3 is 0 Å². The third-order valence-electron chi connectivity index (χ3n) is 2.68. The molecule has 21 heavy (non-hydrogen) atoms. The zero-order valence-corrected chi connectivity index (χ0v) is 11.9. The van der Waals surface area contributed by atoms with E-state index in [1.165, 1.54) is 12.1 Å². The topological polar surface area (TPSA) is 147 Å². The smallest absolute Gasteiger partial charge is 0.289 e. The summed E-state index contributed by atoms with van der Waals surface area (Å²) >= 11 is 0. The molecule has 0 saturated carbocycles. The minimum Gasteiger partial charge on any atom is -0.394 e. The third kappa shape index (κ3) is 4.19. The van der Waals surface area contributed by atoms with E-state index >= 15 is 0 Å². The largest absolute Gasteiger partial charge is 0.394 e. The lowest BCUT2D eigenvalue weighted by Gasteiger charge is -2.23. The van der Waals surface area contributed by atoms with Crippen molar-refractivity contribution in [3.63, 3.8) is 0 Å². The highest BCUT2D eigenvalue weighted by atomic mass is 32.2. The van der Waals surface area contributed by atoms with Crippen molar-refractivity contribution in [1.29, 1.82) is 0 Å². The second kappa shape index (κ2) is 7.43. The molecule has 0 heterocycles. The van der Waals surface area contributed by atoms with Gasteiger partial charge in [0.2, 0.25) is 10.0 Å². The highest BCUT2D eigenvalue weighted by Crippen LogP contribution is 2.26. The van der Waals surface area contributed by atoms with Crippen molar-refractivity contribution >= 4 is 15.7 Å². The number of nitro groups is 1. The molecule has 0 aliphatic rings. The van der Waals surface area contributed by atoms with Gasteiger partial charge < -0.3 is 15.9 Å². The molecule has 118 valence electrons. The van der Waals surface area contributed by atoms with Crippen LogP contribution >= 0.6 is 0 Å². The highest BCUT2D eigenvalue weighted by Gasteiger charge is 2.31. The lowest BCUT2D eigenvalue weighted by Crippen LogP contribution is -2.41. The van der Waals surface area contributed by atoms with Gasteiger partial charge in [-0.25, -0.2) is 8.42 Å². The summed E-state index contributed by atoms with van der Waals surface area (Å²) in [6.45, 7) is -1.20. The van der Waals surface area contributed by atoms with Crippen LogP contribution in [0.2, 0.25) is 0 Å². The molecule has 0 amide bonds. The number of aliphatic hydroxyl groups is 2. The Balaban J connectivity index is 3.26. The van der Waals surface area contributed by atoms with E-state index in [0.29, 0.717) is 0 Å². The van der Waals surface area contributed by atoms with Crippen molar-refractivity contribution < 1.29 is 23.6 Å². The standard InChI is InChI=1S/C11H17N3O6S/c12-5-6-13(7-9(16)8-15)21(19,20)11-4-2-1-3-10(11)14(17)18/h1-4,9,15-16H,5-8,12H2. The Bertz CT molecular complexity index is 591. The summed E-state index contributed by atoms with van der Waals surface area (Å²) in [5.41, 5.74) is 4.78. The fraction of sp³-hybridized carbons (Fsp3) is 0.455. The summed E-state index contributed by atoms with van der Waals surface area (Å²) in [5.74, 6) is 0. The molecular formula is C11H17N3O6S. The summed E-state index contributed by atoms with van der Waals surface area (Å²) in [4.78, 5) is 9.66. The quantitative estimate of drug-likeness (QED) is 0.407. The monoisotopic (exact) mass is 319 g/mol. The number of nitrogens with two attached hydrogens (primary N) is 1. The van der Waals surface area contributed by atoms with E-state index in [0.717, 1.165) is 16.4 Å². The van der Waals surface area contributed by atoms with Gasteiger partial charge in [0.25, 0.3) is 5.69 Å². The summed E-state index contributed by atoms with van der Waals surface area (Å²) in [7, 11) is -4.20. The molecule has 0 bridgehead atoms. The molecule has 0 aromatic heterocycles. The van der Waals surface area contributed by atoms with Gasteiger partial charge in [0.15, 0.2) is 4.90 Å². The predicted molar refractivity (Wildman–Crippen MR) is 74.0 cm³/mol. The molecule has 4 N–H and O–H groups in total. The molecule has 1 unspecified atom stereocenters. The van der Waals surface area contributed by atoms with Crippen molar-refractivity contribution in [3.8, 4) is 0 Å². The lowest BCUT2D eigenvalue weighted by molar-refractivity contribution is -0.387. The molecule has 1 atom stereocenters. The molecule has 1 aromatic carbocycles. The first-order valence-electron chi connectivity index (χ1n) is 6.07. The maximum atomic E-state index is 12.5. The number of nitrogens with zero attached hydrogens (tertiary/aromatic N) is 2. The van der Waals surface area contributed by atoms with Crippen molar-refractivity contribution in [2.24, 2.45) is 5.73 Å². The van der Waals surface area contributed by atoms with Crippen molar-refractivity contribution in [2.45, 2.75) is 11.0 Å². The molecule has 0 aliphatic heterocycles. The van der Waals surface area contributed by atoms with Crippen LogP contribution in [-0.4, -0.2) is 60.2 Å². The molecule has 1 aromatic rings. The van der Waals surface area contributed by atoms with Crippen LogP contribution in [0.25, 0.3) is 0 Å². The fourth-order valence-electron chi connectivity index (χ4n) is 1.71. The molecule has 0 aliphatic carbocycles. The van der Waals surface area contributed by atoms with Crippen molar-refractivity contribution in [1.82, 2.24) is 4.31 Å². The first kappa shape index (κ1) is 17.5. The molecule has 10 heteroatoms. The Labute approximate surface area is 121 Å². The molecule has 9 nitrogen and oxygen atoms in total. The SMILES string of the molecule is NCCN(CC(O)CO)S(=O)(=O)c1ccccc1[N+](=O)[O-]. The van der Waals surface area contributed by atoms with E-state index in [1.807, 2.05) is 0 Å². The van der Waals surface area contributed by atoms with E-state index in [2.05, 4.69) is 0 Å². The Kier molecular flexibility index (Phi) is 6.18. The first-order valence-corrected chi connectivity index (χ1v) is 7.51. The number of nitro benzene ring substituents is 1. The molecular weight excluding hydrogens is 302 g/mol. The number of sulfonamides is 1. The minimum absolute atomic E-state index is 0.0298. The van der Waals surface area contributed by atoms with Crippen LogP contribution in [0.15, 0.2) is 29.2 Å². The molecule has 1 rings (SSSR count). The molecule has 0 saturated heterocycles. The van der Waals surface area contributed by atoms with Gasteiger partial charge in [0.1, 0.15) is 0 Å². The van der Waals surface area contributed by atoms with E-state index in [4.69, 9.17) is 10.8 Å². The summed E-state index contributed by atoms with van der Waals surface area (Å²) in [5, 5.41) is 29.2.